The largest absolute Gasteiger partial charge is 0.351 e. The maximum Gasteiger partial charge on any atom is 0.174 e. The molecule has 1 saturated heterocycles. The Bertz CT molecular complexity index is 1240. The number of anilines is 1. The summed E-state index contributed by atoms with van der Waals surface area (Å²) in [7, 11) is 0. The molecule has 1 N–H and O–H groups in total. The van der Waals surface area contributed by atoms with Crippen LogP contribution in [-0.4, -0.2) is 14.7 Å². The van der Waals surface area contributed by atoms with E-state index in [4.69, 9.17) is 12.2 Å². The van der Waals surface area contributed by atoms with Crippen molar-refractivity contribution >= 4 is 23.0 Å². The summed E-state index contributed by atoms with van der Waals surface area (Å²) in [5.74, 6) is -0.313. The molecule has 0 aliphatic carbocycles. The van der Waals surface area contributed by atoms with Crippen LogP contribution in [0.4, 0.5) is 10.1 Å². The smallest absolute Gasteiger partial charge is 0.174 e. The van der Waals surface area contributed by atoms with E-state index in [0.717, 1.165) is 17.1 Å². The lowest BCUT2D eigenvalue weighted by Gasteiger charge is -2.29. The Morgan fingerprint density at radius 2 is 1.81 bits per heavy atom. The molecule has 2 atom stereocenters. The van der Waals surface area contributed by atoms with Crippen LogP contribution in [0.2, 0.25) is 0 Å². The van der Waals surface area contributed by atoms with E-state index in [2.05, 4.69) is 46.1 Å². The van der Waals surface area contributed by atoms with Gasteiger partial charge in [0.25, 0.3) is 0 Å². The predicted octanol–water partition coefficient (Wildman–Crippen LogP) is 5.50. The van der Waals surface area contributed by atoms with E-state index in [-0.39, 0.29) is 17.9 Å². The monoisotopic (exact) mass is 428 g/mol. The normalized spacial score (nSPS) is 18.3. The lowest BCUT2D eigenvalue weighted by atomic mass is 10.0. The molecule has 0 bridgehead atoms. The first-order valence-corrected chi connectivity index (χ1v) is 10.5. The van der Waals surface area contributed by atoms with Crippen molar-refractivity contribution in [2.75, 3.05) is 4.90 Å². The number of pyridine rings is 1. The maximum absolute atomic E-state index is 14.9. The summed E-state index contributed by atoms with van der Waals surface area (Å²) in [5.41, 5.74) is 4.51. The molecule has 6 heteroatoms. The van der Waals surface area contributed by atoms with E-state index in [1.54, 1.807) is 18.3 Å². The average Bonchev–Trinajstić information content (AvgIpc) is 3.39. The van der Waals surface area contributed by atoms with Crippen LogP contribution >= 0.6 is 12.2 Å². The summed E-state index contributed by atoms with van der Waals surface area (Å²) < 4.78 is 17.0. The van der Waals surface area contributed by atoms with Crippen LogP contribution in [0.25, 0.3) is 5.69 Å². The molecule has 1 aliphatic heterocycles. The molecule has 2 aromatic carbocycles. The Kier molecular flexibility index (Phi) is 5.00. The predicted molar refractivity (Wildman–Crippen MR) is 125 cm³/mol. The van der Waals surface area contributed by atoms with Gasteiger partial charge in [-0.2, -0.15) is 0 Å². The lowest BCUT2D eigenvalue weighted by molar-refractivity contribution is 0.542. The van der Waals surface area contributed by atoms with Crippen molar-refractivity contribution in [1.82, 2.24) is 14.9 Å². The fraction of sp³-hybridized carbons (Fsp3) is 0.120. The SMILES string of the molecule is Cc1cccc(-n2cccc2C2C(c3ccccn3)NC(=S)N2c2ccccc2F)c1. The first-order chi connectivity index (χ1) is 15.1. The van der Waals surface area contributed by atoms with E-state index >= 15 is 0 Å². The molecule has 1 fully saturated rings. The summed E-state index contributed by atoms with van der Waals surface area (Å²) >= 11 is 5.70. The zero-order valence-electron chi connectivity index (χ0n) is 16.9. The van der Waals surface area contributed by atoms with Crippen LogP contribution in [-0.2, 0) is 0 Å². The minimum Gasteiger partial charge on any atom is -0.351 e. The Balaban J connectivity index is 1.69. The zero-order valence-corrected chi connectivity index (χ0v) is 17.8. The van der Waals surface area contributed by atoms with Gasteiger partial charge in [-0.05, 0) is 73.2 Å². The van der Waals surface area contributed by atoms with Crippen LogP contribution in [0.15, 0.2) is 91.3 Å². The highest BCUT2D eigenvalue weighted by atomic mass is 32.1. The number of hydrogen-bond donors (Lipinski definition) is 1. The zero-order chi connectivity index (χ0) is 21.4. The molecule has 0 saturated carbocycles. The number of hydrogen-bond acceptors (Lipinski definition) is 2. The number of thiocarbonyl (C=S) groups is 1. The van der Waals surface area contributed by atoms with Crippen LogP contribution < -0.4 is 10.2 Å². The van der Waals surface area contributed by atoms with Gasteiger partial charge in [-0.15, -0.1) is 0 Å². The van der Waals surface area contributed by atoms with Gasteiger partial charge >= 0.3 is 0 Å². The van der Waals surface area contributed by atoms with Crippen LogP contribution in [0.3, 0.4) is 0 Å². The van der Waals surface area contributed by atoms with E-state index in [1.165, 1.54) is 11.6 Å². The Labute approximate surface area is 186 Å². The Morgan fingerprint density at radius 3 is 2.58 bits per heavy atom. The van der Waals surface area contributed by atoms with E-state index in [0.29, 0.717) is 10.8 Å². The first kappa shape index (κ1) is 19.5. The molecule has 0 amide bonds. The van der Waals surface area contributed by atoms with Gasteiger partial charge in [0.15, 0.2) is 5.11 Å². The fourth-order valence-corrected chi connectivity index (χ4v) is 4.55. The maximum atomic E-state index is 14.9. The topological polar surface area (TPSA) is 33.1 Å². The summed E-state index contributed by atoms with van der Waals surface area (Å²) in [6, 6.07) is 24.4. The van der Waals surface area contributed by atoms with E-state index in [1.807, 2.05) is 47.5 Å². The Morgan fingerprint density at radius 1 is 0.968 bits per heavy atom. The minimum absolute atomic E-state index is 0.230. The molecule has 31 heavy (non-hydrogen) atoms. The van der Waals surface area contributed by atoms with Gasteiger partial charge in [0.2, 0.25) is 0 Å². The Hall–Kier alpha value is -3.51. The highest BCUT2D eigenvalue weighted by Crippen LogP contribution is 2.42. The molecule has 1 aliphatic rings. The second kappa shape index (κ2) is 7.96. The molecule has 0 spiro atoms. The fourth-order valence-electron chi connectivity index (χ4n) is 4.21. The van der Waals surface area contributed by atoms with Crippen LogP contribution in [0.1, 0.15) is 29.0 Å². The number of aromatic nitrogens is 2. The van der Waals surface area contributed by atoms with E-state index < -0.39 is 0 Å². The molecule has 4 aromatic rings. The van der Waals surface area contributed by atoms with Crippen molar-refractivity contribution in [2.45, 2.75) is 19.0 Å². The highest BCUT2D eigenvalue weighted by molar-refractivity contribution is 7.80. The highest BCUT2D eigenvalue weighted by Gasteiger charge is 2.42. The number of nitrogens with one attached hydrogen (secondary N) is 1. The van der Waals surface area contributed by atoms with Crippen molar-refractivity contribution in [3.8, 4) is 5.69 Å². The third-order valence-corrected chi connectivity index (χ3v) is 5.89. The summed E-state index contributed by atoms with van der Waals surface area (Å²) in [6.07, 6.45) is 3.79. The second-order valence-corrected chi connectivity index (χ2v) is 7.98. The standard InChI is InChI=1S/C25H21FN4S/c1-17-8-6-9-18(16-17)29-15-7-13-22(29)24-23(20-11-4-5-14-27-20)28-25(31)30(24)21-12-3-2-10-19(21)26/h2-16,23-24H,1H3,(H,28,31). The first-order valence-electron chi connectivity index (χ1n) is 10.1. The number of nitrogens with zero attached hydrogens (tertiary/aromatic N) is 3. The molecule has 2 aromatic heterocycles. The molecular weight excluding hydrogens is 407 g/mol. The van der Waals surface area contributed by atoms with Gasteiger partial charge in [0, 0.05) is 23.8 Å². The van der Waals surface area contributed by atoms with Gasteiger partial charge in [0.1, 0.15) is 11.9 Å². The molecule has 2 unspecified atom stereocenters. The number of para-hydroxylation sites is 1. The summed E-state index contributed by atoms with van der Waals surface area (Å²) in [4.78, 5) is 6.44. The molecule has 0 radical (unpaired) electrons. The van der Waals surface area contributed by atoms with Crippen molar-refractivity contribution in [3.05, 3.63) is 114 Å². The third-order valence-electron chi connectivity index (χ3n) is 5.57. The number of benzene rings is 2. The van der Waals surface area contributed by atoms with Crippen molar-refractivity contribution in [1.29, 1.82) is 0 Å². The number of halogens is 1. The van der Waals surface area contributed by atoms with Crippen LogP contribution in [0.5, 0.6) is 0 Å². The number of aryl methyl sites for hydroxylation is 1. The number of rotatable bonds is 4. The summed E-state index contributed by atoms with van der Waals surface area (Å²) in [5, 5.41) is 3.86. The molecule has 4 nitrogen and oxygen atoms in total. The van der Waals surface area contributed by atoms with E-state index in [9.17, 15) is 4.39 Å². The van der Waals surface area contributed by atoms with Gasteiger partial charge in [0.05, 0.1) is 17.4 Å². The minimum atomic E-state index is -0.313. The van der Waals surface area contributed by atoms with Gasteiger partial charge in [-0.1, -0.05) is 30.3 Å². The van der Waals surface area contributed by atoms with Crippen molar-refractivity contribution < 1.29 is 4.39 Å². The lowest BCUT2D eigenvalue weighted by Crippen LogP contribution is -2.31. The molecule has 3 heterocycles. The van der Waals surface area contributed by atoms with Crippen molar-refractivity contribution in [3.63, 3.8) is 0 Å². The molecular formula is C25H21FN4S. The molecule has 5 rings (SSSR count). The van der Waals surface area contributed by atoms with Crippen LogP contribution in [0, 0.1) is 12.7 Å². The van der Waals surface area contributed by atoms with Crippen molar-refractivity contribution in [2.24, 2.45) is 0 Å². The second-order valence-electron chi connectivity index (χ2n) is 7.59. The quantitative estimate of drug-likeness (QED) is 0.435. The summed E-state index contributed by atoms with van der Waals surface area (Å²) in [6.45, 7) is 2.07. The van der Waals surface area contributed by atoms with Gasteiger partial charge in [-0.3, -0.25) is 4.98 Å². The average molecular weight is 429 g/mol. The van der Waals surface area contributed by atoms with Gasteiger partial charge in [-0.25, -0.2) is 4.39 Å². The van der Waals surface area contributed by atoms with Gasteiger partial charge < -0.3 is 14.8 Å². The molecule has 154 valence electrons. The third kappa shape index (κ3) is 3.49.